The van der Waals surface area contributed by atoms with Crippen molar-refractivity contribution in [3.63, 3.8) is 0 Å². The van der Waals surface area contributed by atoms with Crippen molar-refractivity contribution in [2.24, 2.45) is 9.98 Å². The van der Waals surface area contributed by atoms with Crippen molar-refractivity contribution in [1.82, 2.24) is 0 Å². The molecule has 11 heavy (non-hydrogen) atoms. The predicted octanol–water partition coefficient (Wildman–Crippen LogP) is 1.12. The van der Waals surface area contributed by atoms with Gasteiger partial charge in [-0.15, -0.1) is 0 Å². The number of rotatable bonds is 1. The van der Waals surface area contributed by atoms with Crippen LogP contribution in [0.4, 0.5) is 0 Å². The number of amidine groups is 1. The van der Waals surface area contributed by atoms with E-state index in [-0.39, 0.29) is 5.84 Å². The van der Waals surface area contributed by atoms with Gasteiger partial charge in [0.25, 0.3) is 0 Å². The van der Waals surface area contributed by atoms with Crippen LogP contribution in [0.25, 0.3) is 0 Å². The van der Waals surface area contributed by atoms with Gasteiger partial charge in [-0.2, -0.15) is 4.99 Å². The lowest BCUT2D eigenvalue weighted by Gasteiger charge is -2.01. The summed E-state index contributed by atoms with van der Waals surface area (Å²) in [5, 5.41) is 7.07. The average Bonchev–Trinajstić information content (AvgIpc) is 1.98. The summed E-state index contributed by atoms with van der Waals surface area (Å²) in [5.41, 5.74) is 0.694. The zero-order valence-corrected chi connectivity index (χ0v) is 7.30. The minimum absolute atomic E-state index is 0.213. The van der Waals surface area contributed by atoms with E-state index in [0.29, 0.717) is 11.6 Å². The lowest BCUT2D eigenvalue weighted by molar-refractivity contribution is 0.411. The van der Waals surface area contributed by atoms with Crippen molar-refractivity contribution >= 4 is 17.4 Å². The van der Waals surface area contributed by atoms with Gasteiger partial charge in [-0.1, -0.05) is 0 Å². The number of hydrogen-bond acceptors (Lipinski definition) is 3. The second kappa shape index (κ2) is 4.60. The topological polar surface area (TPSA) is 57.8 Å². The first-order chi connectivity index (χ1) is 5.11. The van der Waals surface area contributed by atoms with Gasteiger partial charge < -0.3 is 4.74 Å². The molecule has 0 atom stereocenters. The molecule has 0 unspecified atom stereocenters. The molecule has 0 fully saturated rings. The van der Waals surface area contributed by atoms with E-state index in [4.69, 9.17) is 10.1 Å². The van der Waals surface area contributed by atoms with Crippen LogP contribution < -0.4 is 0 Å². The summed E-state index contributed by atoms with van der Waals surface area (Å²) in [5.74, 6) is 0.616. The molecule has 0 rings (SSSR count). The molecule has 0 bridgehead atoms. The van der Waals surface area contributed by atoms with Crippen molar-refractivity contribution in [2.75, 3.05) is 14.2 Å². The highest BCUT2D eigenvalue weighted by Gasteiger charge is 2.01. The predicted molar refractivity (Wildman–Crippen MR) is 46.9 cm³/mol. The molecule has 0 aromatic rings. The van der Waals surface area contributed by atoms with Crippen LogP contribution in [0, 0.1) is 5.41 Å². The van der Waals surface area contributed by atoms with Crippen molar-refractivity contribution in [2.45, 2.75) is 13.8 Å². The van der Waals surface area contributed by atoms with Crippen LogP contribution in [-0.4, -0.2) is 31.6 Å². The van der Waals surface area contributed by atoms with Crippen LogP contribution in [0.3, 0.4) is 0 Å². The van der Waals surface area contributed by atoms with Crippen molar-refractivity contribution in [3.8, 4) is 0 Å². The largest absolute Gasteiger partial charge is 0.480 e. The maximum atomic E-state index is 7.07. The van der Waals surface area contributed by atoms with Crippen LogP contribution in [0.15, 0.2) is 9.98 Å². The van der Waals surface area contributed by atoms with E-state index < -0.39 is 0 Å². The van der Waals surface area contributed by atoms with Gasteiger partial charge in [-0.25, -0.2) is 0 Å². The van der Waals surface area contributed by atoms with Crippen LogP contribution in [0.5, 0.6) is 0 Å². The van der Waals surface area contributed by atoms with Gasteiger partial charge in [0.1, 0.15) is 5.84 Å². The Hall–Kier alpha value is -1.19. The first kappa shape index (κ1) is 9.81. The molecular formula is C7H13N3O. The van der Waals surface area contributed by atoms with E-state index in [1.807, 2.05) is 0 Å². The van der Waals surface area contributed by atoms with Crippen molar-refractivity contribution in [3.05, 3.63) is 0 Å². The van der Waals surface area contributed by atoms with Crippen LogP contribution in [0.2, 0.25) is 0 Å². The summed E-state index contributed by atoms with van der Waals surface area (Å²) in [6, 6.07) is 0. The molecule has 0 spiro atoms. The third-order valence-electron chi connectivity index (χ3n) is 1.11. The van der Waals surface area contributed by atoms with Gasteiger partial charge in [-0.3, -0.25) is 10.4 Å². The molecule has 62 valence electrons. The Labute approximate surface area is 66.5 Å². The fourth-order valence-corrected chi connectivity index (χ4v) is 0.522. The summed E-state index contributed by atoms with van der Waals surface area (Å²) in [7, 11) is 3.17. The fraction of sp³-hybridized carbons (Fsp3) is 0.571. The van der Waals surface area contributed by atoms with Crippen molar-refractivity contribution < 1.29 is 4.74 Å². The first-order valence-corrected chi connectivity index (χ1v) is 3.23. The Kier molecular flexibility index (Phi) is 4.10. The van der Waals surface area contributed by atoms with Crippen molar-refractivity contribution in [1.29, 1.82) is 5.41 Å². The summed E-state index contributed by atoms with van der Waals surface area (Å²) in [6.07, 6.45) is 0. The Morgan fingerprint density at radius 3 is 2.18 bits per heavy atom. The summed E-state index contributed by atoms with van der Waals surface area (Å²) < 4.78 is 4.89. The lowest BCUT2D eigenvalue weighted by atomic mass is 10.4. The van der Waals surface area contributed by atoms with Gasteiger partial charge in [0.05, 0.1) is 12.8 Å². The Morgan fingerprint density at radius 1 is 1.36 bits per heavy atom. The quantitative estimate of drug-likeness (QED) is 0.447. The van der Waals surface area contributed by atoms with Gasteiger partial charge >= 0.3 is 0 Å². The number of ether oxygens (including phenoxy) is 1. The van der Waals surface area contributed by atoms with Crippen LogP contribution >= 0.6 is 0 Å². The maximum Gasteiger partial charge on any atom is 0.236 e. The maximum absolute atomic E-state index is 7.07. The standard InChI is InChI=1S/C7H13N3O/c1-5(9-3)7(11-4)10-6(2)8/h8H,1-4H3/b8-6?,9-5-,10-7+. The Balaban J connectivity index is 4.53. The zero-order valence-electron chi connectivity index (χ0n) is 7.30. The normalized spacial score (nSPS) is 13.1. The summed E-state index contributed by atoms with van der Waals surface area (Å²) in [4.78, 5) is 7.69. The molecular weight excluding hydrogens is 142 g/mol. The van der Waals surface area contributed by atoms with Crippen LogP contribution in [0.1, 0.15) is 13.8 Å². The first-order valence-electron chi connectivity index (χ1n) is 3.23. The number of nitrogens with one attached hydrogen (secondary N) is 1. The van der Waals surface area contributed by atoms with Gasteiger partial charge in [0, 0.05) is 7.05 Å². The minimum Gasteiger partial charge on any atom is -0.480 e. The molecule has 0 aromatic carbocycles. The number of methoxy groups -OCH3 is 1. The zero-order chi connectivity index (χ0) is 8.85. The molecule has 4 nitrogen and oxygen atoms in total. The van der Waals surface area contributed by atoms with Gasteiger partial charge in [0.2, 0.25) is 5.90 Å². The van der Waals surface area contributed by atoms with E-state index in [1.54, 1.807) is 20.9 Å². The fourth-order valence-electron chi connectivity index (χ4n) is 0.522. The SMILES string of the molecule is C/N=C(C)\C(=N/C(C)=N)OC. The molecule has 4 heteroatoms. The molecule has 0 amide bonds. The Morgan fingerprint density at radius 2 is 1.91 bits per heavy atom. The molecule has 0 radical (unpaired) electrons. The smallest absolute Gasteiger partial charge is 0.236 e. The molecule has 1 N–H and O–H groups in total. The third kappa shape index (κ3) is 3.50. The highest BCUT2D eigenvalue weighted by molar-refractivity contribution is 6.39. The summed E-state index contributed by atoms with van der Waals surface area (Å²) >= 11 is 0. The lowest BCUT2D eigenvalue weighted by Crippen LogP contribution is -2.14. The molecule has 0 saturated carbocycles. The molecule has 0 aromatic heterocycles. The van der Waals surface area contributed by atoms with Crippen LogP contribution in [-0.2, 0) is 4.74 Å². The minimum atomic E-state index is 0.213. The monoisotopic (exact) mass is 155 g/mol. The second-order valence-corrected chi connectivity index (χ2v) is 2.02. The van der Waals surface area contributed by atoms with E-state index in [0.717, 1.165) is 0 Å². The molecule has 0 aliphatic carbocycles. The van der Waals surface area contributed by atoms with Gasteiger partial charge in [0.15, 0.2) is 0 Å². The average molecular weight is 155 g/mol. The number of aliphatic imine (C=N–C) groups is 2. The summed E-state index contributed by atoms with van der Waals surface area (Å²) in [6.45, 7) is 3.37. The Bertz CT molecular complexity index is 206. The number of nitrogens with zero attached hydrogens (tertiary/aromatic N) is 2. The van der Waals surface area contributed by atoms with E-state index in [1.165, 1.54) is 7.11 Å². The van der Waals surface area contributed by atoms with E-state index in [9.17, 15) is 0 Å². The molecule has 0 heterocycles. The van der Waals surface area contributed by atoms with Gasteiger partial charge in [-0.05, 0) is 13.8 Å². The second-order valence-electron chi connectivity index (χ2n) is 2.02. The molecule has 0 aliphatic heterocycles. The third-order valence-corrected chi connectivity index (χ3v) is 1.11. The molecule has 0 saturated heterocycles. The van der Waals surface area contributed by atoms with E-state index >= 15 is 0 Å². The molecule has 0 aliphatic rings. The number of hydrogen-bond donors (Lipinski definition) is 1. The highest BCUT2D eigenvalue weighted by atomic mass is 16.5. The highest BCUT2D eigenvalue weighted by Crippen LogP contribution is 1.87. The van der Waals surface area contributed by atoms with E-state index in [2.05, 4.69) is 9.98 Å².